The third-order valence-corrected chi connectivity index (χ3v) is 8.18. The van der Waals surface area contributed by atoms with Crippen molar-refractivity contribution in [1.29, 1.82) is 0 Å². The zero-order chi connectivity index (χ0) is 20.1. The van der Waals surface area contributed by atoms with E-state index in [1.54, 1.807) is 43.5 Å². The van der Waals surface area contributed by atoms with Crippen LogP contribution in [0, 0.1) is 5.92 Å². The maximum absolute atomic E-state index is 13.2. The standard InChI is InChI=1S/C19H19ClN2O5S/c1-26-15-6-4-14(5-7-15)22-11-12-10-19(12,28(22,24)25)18(23)21-13-3-8-17(27-2)16(20)9-13/h3-9,12H,10-11H2,1-2H3,(H,21,23)/t12-,19+/m0/s1. The lowest BCUT2D eigenvalue weighted by molar-refractivity contribution is -0.116. The Hall–Kier alpha value is -2.45. The number of ether oxygens (including phenoxy) is 2. The highest BCUT2D eigenvalue weighted by Crippen LogP contribution is 2.58. The summed E-state index contributed by atoms with van der Waals surface area (Å²) in [6, 6.07) is 11.5. The molecule has 0 spiro atoms. The van der Waals surface area contributed by atoms with Gasteiger partial charge < -0.3 is 14.8 Å². The predicted octanol–water partition coefficient (Wildman–Crippen LogP) is 2.90. The molecule has 4 rings (SSSR count). The second-order valence-corrected chi connectivity index (χ2v) is 9.35. The Bertz CT molecular complexity index is 1040. The zero-order valence-corrected chi connectivity index (χ0v) is 16.9. The van der Waals surface area contributed by atoms with Gasteiger partial charge >= 0.3 is 0 Å². The number of nitrogens with one attached hydrogen (secondary N) is 1. The number of hydrogen-bond acceptors (Lipinski definition) is 5. The first-order valence-electron chi connectivity index (χ1n) is 8.65. The van der Waals surface area contributed by atoms with Crippen LogP contribution in [0.25, 0.3) is 0 Å². The molecular weight excluding hydrogens is 404 g/mol. The largest absolute Gasteiger partial charge is 0.497 e. The summed E-state index contributed by atoms with van der Waals surface area (Å²) in [5, 5.41) is 3.03. The molecule has 1 aliphatic heterocycles. The van der Waals surface area contributed by atoms with Crippen LogP contribution in [0.5, 0.6) is 11.5 Å². The van der Waals surface area contributed by atoms with E-state index in [-0.39, 0.29) is 12.5 Å². The van der Waals surface area contributed by atoms with Gasteiger partial charge in [0.2, 0.25) is 15.9 Å². The van der Waals surface area contributed by atoms with Gasteiger partial charge in [-0.15, -0.1) is 0 Å². The van der Waals surface area contributed by atoms with E-state index in [0.717, 1.165) is 0 Å². The molecule has 0 unspecified atom stereocenters. The lowest BCUT2D eigenvalue weighted by Gasteiger charge is -2.23. The summed E-state index contributed by atoms with van der Waals surface area (Å²) in [6.07, 6.45) is 0.317. The second-order valence-electron chi connectivity index (χ2n) is 6.83. The molecule has 1 heterocycles. The van der Waals surface area contributed by atoms with Gasteiger partial charge in [-0.2, -0.15) is 0 Å². The minimum absolute atomic E-state index is 0.242. The molecule has 0 bridgehead atoms. The molecule has 148 valence electrons. The van der Waals surface area contributed by atoms with E-state index in [1.807, 2.05) is 0 Å². The van der Waals surface area contributed by atoms with Crippen LogP contribution in [-0.2, 0) is 14.8 Å². The van der Waals surface area contributed by atoms with Gasteiger partial charge in [0, 0.05) is 18.2 Å². The Morgan fingerprint density at radius 2 is 1.89 bits per heavy atom. The summed E-state index contributed by atoms with van der Waals surface area (Å²) in [7, 11) is -0.810. The first kappa shape index (κ1) is 18.9. The van der Waals surface area contributed by atoms with Gasteiger partial charge in [-0.3, -0.25) is 9.10 Å². The quantitative estimate of drug-likeness (QED) is 0.800. The van der Waals surface area contributed by atoms with Gasteiger partial charge in [-0.05, 0) is 48.9 Å². The van der Waals surface area contributed by atoms with Crippen molar-refractivity contribution >= 4 is 38.9 Å². The summed E-state index contributed by atoms with van der Waals surface area (Å²) >= 11 is 6.09. The van der Waals surface area contributed by atoms with E-state index in [0.29, 0.717) is 34.3 Å². The zero-order valence-electron chi connectivity index (χ0n) is 15.3. The summed E-state index contributed by atoms with van der Waals surface area (Å²) < 4.78 is 36.5. The number of anilines is 2. The molecule has 1 aliphatic carbocycles. The van der Waals surface area contributed by atoms with Crippen LogP contribution in [-0.4, -0.2) is 39.8 Å². The number of hydrogen-bond donors (Lipinski definition) is 1. The van der Waals surface area contributed by atoms with Crippen LogP contribution in [0.15, 0.2) is 42.5 Å². The number of amides is 1. The molecule has 0 aromatic heterocycles. The third-order valence-electron chi connectivity index (χ3n) is 5.34. The van der Waals surface area contributed by atoms with Crippen molar-refractivity contribution in [2.75, 3.05) is 30.4 Å². The SMILES string of the molecule is COc1ccc(N2C[C@@H]3C[C@@]3(C(=O)Nc3ccc(OC)c(Cl)c3)S2(=O)=O)cc1. The highest BCUT2D eigenvalue weighted by Gasteiger charge is 2.75. The number of nitrogens with zero attached hydrogens (tertiary/aromatic N) is 1. The van der Waals surface area contributed by atoms with Crippen LogP contribution in [0.1, 0.15) is 6.42 Å². The Labute approximate surface area is 168 Å². The van der Waals surface area contributed by atoms with Crippen molar-refractivity contribution in [1.82, 2.24) is 0 Å². The Kier molecular flexibility index (Phi) is 4.43. The molecule has 9 heteroatoms. The highest BCUT2D eigenvalue weighted by molar-refractivity contribution is 7.95. The van der Waals surface area contributed by atoms with Gasteiger partial charge in [0.25, 0.3) is 0 Å². The summed E-state index contributed by atoms with van der Waals surface area (Å²) in [5.41, 5.74) is 0.946. The number of sulfonamides is 1. The Morgan fingerprint density at radius 3 is 2.50 bits per heavy atom. The minimum Gasteiger partial charge on any atom is -0.497 e. The fourth-order valence-corrected chi connectivity index (χ4v) is 6.32. The number of halogens is 1. The minimum atomic E-state index is -3.85. The number of carbonyl (C=O) groups is 1. The van der Waals surface area contributed by atoms with Crippen molar-refractivity contribution in [3.8, 4) is 11.5 Å². The average Bonchev–Trinajstić information content (AvgIpc) is 3.37. The van der Waals surface area contributed by atoms with E-state index < -0.39 is 20.7 Å². The summed E-state index contributed by atoms with van der Waals surface area (Å²) in [4.78, 5) is 12.9. The number of fused-ring (bicyclic) bond motifs is 1. The average molecular weight is 423 g/mol. The van der Waals surface area contributed by atoms with Crippen LogP contribution < -0.4 is 19.1 Å². The van der Waals surface area contributed by atoms with Crippen LogP contribution in [0.3, 0.4) is 0 Å². The number of rotatable bonds is 5. The lowest BCUT2D eigenvalue weighted by Crippen LogP contribution is -2.42. The first-order valence-corrected chi connectivity index (χ1v) is 10.5. The van der Waals surface area contributed by atoms with Crippen molar-refractivity contribution in [3.05, 3.63) is 47.5 Å². The van der Waals surface area contributed by atoms with Crippen LogP contribution >= 0.6 is 11.6 Å². The van der Waals surface area contributed by atoms with E-state index in [9.17, 15) is 13.2 Å². The van der Waals surface area contributed by atoms with Crippen LogP contribution in [0.4, 0.5) is 11.4 Å². The van der Waals surface area contributed by atoms with Gasteiger partial charge in [-0.1, -0.05) is 11.6 Å². The smallest absolute Gasteiger partial charge is 0.250 e. The maximum Gasteiger partial charge on any atom is 0.250 e. The van der Waals surface area contributed by atoms with Crippen molar-refractivity contribution in [3.63, 3.8) is 0 Å². The van der Waals surface area contributed by atoms with Gasteiger partial charge in [0.1, 0.15) is 11.5 Å². The van der Waals surface area contributed by atoms with E-state index in [1.165, 1.54) is 17.5 Å². The highest BCUT2D eigenvalue weighted by atomic mass is 35.5. The Balaban J connectivity index is 1.58. The van der Waals surface area contributed by atoms with Crippen molar-refractivity contribution in [2.24, 2.45) is 5.92 Å². The molecule has 1 saturated carbocycles. The molecule has 28 heavy (non-hydrogen) atoms. The molecule has 2 aliphatic rings. The molecule has 1 saturated heterocycles. The third kappa shape index (κ3) is 2.70. The van der Waals surface area contributed by atoms with E-state index >= 15 is 0 Å². The Morgan fingerprint density at radius 1 is 1.18 bits per heavy atom. The molecule has 0 radical (unpaired) electrons. The number of benzene rings is 2. The lowest BCUT2D eigenvalue weighted by atomic mass is 10.2. The molecule has 2 fully saturated rings. The number of methoxy groups -OCH3 is 2. The van der Waals surface area contributed by atoms with Crippen LogP contribution in [0.2, 0.25) is 5.02 Å². The van der Waals surface area contributed by atoms with Crippen molar-refractivity contribution < 1.29 is 22.7 Å². The fraction of sp³-hybridized carbons (Fsp3) is 0.316. The topological polar surface area (TPSA) is 84.9 Å². The molecule has 2 atom stereocenters. The van der Waals surface area contributed by atoms with Gasteiger partial charge in [0.05, 0.1) is 24.9 Å². The van der Waals surface area contributed by atoms with Gasteiger partial charge in [0.15, 0.2) is 4.75 Å². The molecule has 2 aromatic rings. The molecule has 1 N–H and O–H groups in total. The molecular formula is C19H19ClN2O5S. The summed E-state index contributed by atoms with van der Waals surface area (Å²) in [5.74, 6) is 0.332. The molecule has 7 nitrogen and oxygen atoms in total. The first-order chi connectivity index (χ1) is 13.3. The normalized spacial score (nSPS) is 24.4. The maximum atomic E-state index is 13.2. The predicted molar refractivity (Wildman–Crippen MR) is 107 cm³/mol. The molecule has 2 aromatic carbocycles. The van der Waals surface area contributed by atoms with Crippen molar-refractivity contribution in [2.45, 2.75) is 11.2 Å². The van der Waals surface area contributed by atoms with Gasteiger partial charge in [-0.25, -0.2) is 8.42 Å². The van der Waals surface area contributed by atoms with E-state index in [2.05, 4.69) is 5.32 Å². The fourth-order valence-electron chi connectivity index (χ4n) is 3.70. The monoisotopic (exact) mass is 422 g/mol. The van der Waals surface area contributed by atoms with E-state index in [4.69, 9.17) is 21.1 Å². The second kappa shape index (κ2) is 6.56. The number of carbonyl (C=O) groups excluding carboxylic acids is 1. The summed E-state index contributed by atoms with van der Waals surface area (Å²) in [6.45, 7) is 0.283. The molecule has 1 amide bonds.